The third kappa shape index (κ3) is 2.70. The fraction of sp³-hybridized carbons (Fsp3) is 0.438. The molecule has 1 fully saturated rings. The van der Waals surface area contributed by atoms with E-state index < -0.39 is 0 Å². The first kappa shape index (κ1) is 13.6. The number of rotatable bonds is 3. The molecular weight excluding hydrogens is 266 g/mol. The van der Waals surface area contributed by atoms with E-state index in [4.69, 9.17) is 5.73 Å². The lowest BCUT2D eigenvalue weighted by Crippen LogP contribution is -2.28. The van der Waals surface area contributed by atoms with Crippen molar-refractivity contribution in [1.82, 2.24) is 4.98 Å². The molecule has 2 unspecified atom stereocenters. The van der Waals surface area contributed by atoms with Gasteiger partial charge in [0, 0.05) is 28.6 Å². The Morgan fingerprint density at radius 2 is 2.20 bits per heavy atom. The summed E-state index contributed by atoms with van der Waals surface area (Å²) in [7, 11) is 0. The van der Waals surface area contributed by atoms with Gasteiger partial charge in [-0.3, -0.25) is 4.98 Å². The number of para-hydroxylation sites is 1. The van der Waals surface area contributed by atoms with E-state index in [2.05, 4.69) is 28.7 Å². The summed E-state index contributed by atoms with van der Waals surface area (Å²) in [5, 5.41) is 5.62. The summed E-state index contributed by atoms with van der Waals surface area (Å²) in [4.78, 5) is 4.40. The van der Waals surface area contributed by atoms with Crippen LogP contribution in [0, 0.1) is 0 Å². The zero-order chi connectivity index (χ0) is 13.9. The number of nitrogens with one attached hydrogen (secondary N) is 1. The van der Waals surface area contributed by atoms with E-state index in [9.17, 15) is 0 Å². The number of nitrogens with zero attached hydrogens (tertiary/aromatic N) is 1. The van der Waals surface area contributed by atoms with Gasteiger partial charge in [0.05, 0.1) is 11.2 Å². The van der Waals surface area contributed by atoms with E-state index in [-0.39, 0.29) is 0 Å². The fourth-order valence-electron chi connectivity index (χ4n) is 3.03. The van der Waals surface area contributed by atoms with Crippen LogP contribution in [0.4, 0.5) is 11.4 Å². The minimum absolute atomic E-state index is 0.563. The molecule has 0 amide bonds. The van der Waals surface area contributed by atoms with Gasteiger partial charge in [0.1, 0.15) is 0 Å². The van der Waals surface area contributed by atoms with Crippen LogP contribution in [-0.4, -0.2) is 22.5 Å². The van der Waals surface area contributed by atoms with Crippen molar-refractivity contribution in [1.29, 1.82) is 0 Å². The standard InChI is InChI=1S/C16H21N3S/c1-20-12-5-2-4-11(10-12)19-15-8-9-18-16-13(15)6-3-7-14(16)17/h3,6-9,11-12H,2,4-5,10,17H2,1H3,(H,18,19). The number of benzene rings is 1. The zero-order valence-corrected chi connectivity index (χ0v) is 12.6. The van der Waals surface area contributed by atoms with Crippen LogP contribution in [0.3, 0.4) is 0 Å². The minimum atomic E-state index is 0.563. The van der Waals surface area contributed by atoms with E-state index in [1.165, 1.54) is 25.7 Å². The molecule has 20 heavy (non-hydrogen) atoms. The third-order valence-electron chi connectivity index (χ3n) is 4.12. The average Bonchev–Trinajstić information content (AvgIpc) is 2.49. The first-order valence-electron chi connectivity index (χ1n) is 7.20. The second kappa shape index (κ2) is 5.92. The van der Waals surface area contributed by atoms with Gasteiger partial charge in [-0.15, -0.1) is 0 Å². The van der Waals surface area contributed by atoms with Crippen molar-refractivity contribution >= 4 is 34.0 Å². The molecular formula is C16H21N3S. The highest BCUT2D eigenvalue weighted by Gasteiger charge is 2.21. The van der Waals surface area contributed by atoms with Gasteiger partial charge in [-0.1, -0.05) is 18.6 Å². The second-order valence-electron chi connectivity index (χ2n) is 5.47. The van der Waals surface area contributed by atoms with Gasteiger partial charge in [-0.2, -0.15) is 11.8 Å². The lowest BCUT2D eigenvalue weighted by Gasteiger charge is -2.29. The molecule has 1 heterocycles. The smallest absolute Gasteiger partial charge is 0.0951 e. The molecule has 0 aliphatic heterocycles. The number of pyridine rings is 1. The molecule has 2 atom stereocenters. The highest BCUT2D eigenvalue weighted by Crippen LogP contribution is 2.31. The van der Waals surface area contributed by atoms with Gasteiger partial charge < -0.3 is 11.1 Å². The maximum Gasteiger partial charge on any atom is 0.0951 e. The number of anilines is 2. The van der Waals surface area contributed by atoms with E-state index in [1.807, 2.05) is 30.1 Å². The Bertz CT molecular complexity index is 599. The molecule has 1 saturated carbocycles. The van der Waals surface area contributed by atoms with Crippen LogP contribution in [-0.2, 0) is 0 Å². The van der Waals surface area contributed by atoms with E-state index in [1.54, 1.807) is 0 Å². The second-order valence-corrected chi connectivity index (χ2v) is 6.61. The van der Waals surface area contributed by atoms with Crippen molar-refractivity contribution in [2.75, 3.05) is 17.3 Å². The molecule has 0 radical (unpaired) electrons. The van der Waals surface area contributed by atoms with Crippen molar-refractivity contribution in [2.45, 2.75) is 37.0 Å². The number of nitrogens with two attached hydrogens (primary N) is 1. The van der Waals surface area contributed by atoms with Crippen molar-refractivity contribution in [3.8, 4) is 0 Å². The highest BCUT2D eigenvalue weighted by atomic mass is 32.2. The van der Waals surface area contributed by atoms with Gasteiger partial charge in [0.2, 0.25) is 0 Å². The zero-order valence-electron chi connectivity index (χ0n) is 11.8. The summed E-state index contributed by atoms with van der Waals surface area (Å²) in [5.41, 5.74) is 8.81. The average molecular weight is 287 g/mol. The Labute approximate surface area is 124 Å². The topological polar surface area (TPSA) is 50.9 Å². The molecule has 0 bridgehead atoms. The maximum absolute atomic E-state index is 6.01. The molecule has 3 N–H and O–H groups in total. The third-order valence-corrected chi connectivity index (χ3v) is 5.22. The summed E-state index contributed by atoms with van der Waals surface area (Å²) < 4.78 is 0. The molecule has 1 aromatic carbocycles. The van der Waals surface area contributed by atoms with Gasteiger partial charge >= 0.3 is 0 Å². The van der Waals surface area contributed by atoms with Gasteiger partial charge in [0.15, 0.2) is 0 Å². The van der Waals surface area contributed by atoms with Gasteiger partial charge in [-0.05, 0) is 37.7 Å². The molecule has 3 nitrogen and oxygen atoms in total. The number of fused-ring (bicyclic) bond motifs is 1. The minimum Gasteiger partial charge on any atom is -0.397 e. The molecule has 1 aliphatic rings. The van der Waals surface area contributed by atoms with E-state index in [0.717, 1.165) is 27.5 Å². The largest absolute Gasteiger partial charge is 0.397 e. The number of thioether (sulfide) groups is 1. The van der Waals surface area contributed by atoms with Crippen LogP contribution in [0.5, 0.6) is 0 Å². The van der Waals surface area contributed by atoms with Crippen molar-refractivity contribution < 1.29 is 0 Å². The van der Waals surface area contributed by atoms with E-state index in [0.29, 0.717) is 6.04 Å². The molecule has 4 heteroatoms. The number of nitrogen functional groups attached to an aromatic ring is 1. The number of hydrogen-bond acceptors (Lipinski definition) is 4. The number of aromatic nitrogens is 1. The van der Waals surface area contributed by atoms with Crippen molar-refractivity contribution in [3.63, 3.8) is 0 Å². The lowest BCUT2D eigenvalue weighted by molar-refractivity contribution is 0.474. The number of hydrogen-bond donors (Lipinski definition) is 2. The first-order valence-corrected chi connectivity index (χ1v) is 8.49. The van der Waals surface area contributed by atoms with Crippen molar-refractivity contribution in [2.24, 2.45) is 0 Å². The Balaban J connectivity index is 1.86. The summed E-state index contributed by atoms with van der Waals surface area (Å²) >= 11 is 1.99. The molecule has 0 spiro atoms. The Morgan fingerprint density at radius 3 is 3.05 bits per heavy atom. The predicted octanol–water partition coefficient (Wildman–Crippen LogP) is 3.90. The predicted molar refractivity (Wildman–Crippen MR) is 89.3 cm³/mol. The lowest BCUT2D eigenvalue weighted by atomic mass is 9.94. The van der Waals surface area contributed by atoms with Crippen LogP contribution in [0.25, 0.3) is 10.9 Å². The molecule has 0 saturated heterocycles. The Morgan fingerprint density at radius 1 is 1.30 bits per heavy atom. The van der Waals surface area contributed by atoms with Gasteiger partial charge in [0.25, 0.3) is 0 Å². The SMILES string of the molecule is CSC1CCCC(Nc2ccnc3c(N)cccc23)C1. The maximum atomic E-state index is 6.01. The van der Waals surface area contributed by atoms with Crippen molar-refractivity contribution in [3.05, 3.63) is 30.5 Å². The summed E-state index contributed by atoms with van der Waals surface area (Å²) in [6, 6.07) is 8.62. The monoisotopic (exact) mass is 287 g/mol. The molecule has 2 aromatic rings. The fourth-order valence-corrected chi connectivity index (χ4v) is 3.86. The van der Waals surface area contributed by atoms with Crippen LogP contribution >= 0.6 is 11.8 Å². The summed E-state index contributed by atoms with van der Waals surface area (Å²) in [5.74, 6) is 0. The van der Waals surface area contributed by atoms with Crippen LogP contribution in [0.15, 0.2) is 30.5 Å². The van der Waals surface area contributed by atoms with Crippen LogP contribution in [0.2, 0.25) is 0 Å². The normalized spacial score (nSPS) is 22.9. The first-order chi connectivity index (χ1) is 9.78. The summed E-state index contributed by atoms with van der Waals surface area (Å²) in [6.45, 7) is 0. The molecule has 3 rings (SSSR count). The Kier molecular flexibility index (Phi) is 4.01. The molecule has 1 aliphatic carbocycles. The molecule has 106 valence electrons. The van der Waals surface area contributed by atoms with E-state index >= 15 is 0 Å². The van der Waals surface area contributed by atoms with Crippen LogP contribution < -0.4 is 11.1 Å². The van der Waals surface area contributed by atoms with Crippen LogP contribution in [0.1, 0.15) is 25.7 Å². The quantitative estimate of drug-likeness (QED) is 0.841. The summed E-state index contributed by atoms with van der Waals surface area (Å²) in [6.07, 6.45) is 9.22. The Hall–Kier alpha value is -1.42. The van der Waals surface area contributed by atoms with Gasteiger partial charge in [-0.25, -0.2) is 0 Å². The highest BCUT2D eigenvalue weighted by molar-refractivity contribution is 7.99. The molecule has 1 aromatic heterocycles.